The van der Waals surface area contributed by atoms with E-state index in [1.165, 1.54) is 68.6 Å². The van der Waals surface area contributed by atoms with Crippen molar-refractivity contribution in [2.75, 3.05) is 12.8 Å². The van der Waals surface area contributed by atoms with Crippen LogP contribution in [-0.2, 0) is 27.4 Å². The molecule has 1 unspecified atom stereocenters. The fourth-order valence-corrected chi connectivity index (χ4v) is 5.71. The summed E-state index contributed by atoms with van der Waals surface area (Å²) in [6.45, 7) is 0.935. The van der Waals surface area contributed by atoms with Crippen LogP contribution in [-0.4, -0.2) is 48.9 Å². The number of nitrogens with one attached hydrogen (secondary N) is 2. The summed E-state index contributed by atoms with van der Waals surface area (Å²) in [5, 5.41) is 5.12. The van der Waals surface area contributed by atoms with Crippen molar-refractivity contribution in [3.05, 3.63) is 83.2 Å². The number of nitrogens with zero attached hydrogens (tertiary/aromatic N) is 2. The number of sulfone groups is 1. The van der Waals surface area contributed by atoms with E-state index in [-0.39, 0.29) is 45.0 Å². The van der Waals surface area contributed by atoms with E-state index in [0.717, 1.165) is 10.6 Å². The van der Waals surface area contributed by atoms with E-state index in [2.05, 4.69) is 25.1 Å². The second-order valence-corrected chi connectivity index (χ2v) is 12.3. The maximum absolute atomic E-state index is 14.1. The number of halogens is 5. The first-order chi connectivity index (χ1) is 21.1. The molecule has 1 aromatic heterocycles. The van der Waals surface area contributed by atoms with E-state index >= 15 is 0 Å². The van der Waals surface area contributed by atoms with Crippen LogP contribution >= 0.6 is 0 Å². The molecule has 0 aliphatic carbocycles. The van der Waals surface area contributed by atoms with Gasteiger partial charge >= 0.3 is 12.5 Å². The Balaban J connectivity index is 1.47. The Morgan fingerprint density at radius 2 is 1.76 bits per heavy atom. The standard InChI is InChI=1S/C29H25F5N4O6S/c1-3-45(41,42)19-10-7-16(8-11-19)20(14-24(39)35-2)36-26(40)17-9-12-22-21(13-17)37-27(28(30,31)32)38(22)15-18-5-4-6-23-25(18)44-29(33,34)43-23/h4-13,20H,3,14-15H2,1-2H3,(H,35,39)(H,36,40). The van der Waals surface area contributed by atoms with Gasteiger partial charge in [0.2, 0.25) is 11.7 Å². The molecule has 0 saturated carbocycles. The summed E-state index contributed by atoms with van der Waals surface area (Å²) in [5.41, 5.74) is 0.0636. The minimum atomic E-state index is -4.95. The lowest BCUT2D eigenvalue weighted by Gasteiger charge is -2.19. The predicted octanol–water partition coefficient (Wildman–Crippen LogP) is 4.83. The highest BCUT2D eigenvalue weighted by Crippen LogP contribution is 2.44. The van der Waals surface area contributed by atoms with E-state index in [1.807, 2.05) is 0 Å². The molecule has 0 radical (unpaired) electrons. The van der Waals surface area contributed by atoms with Gasteiger partial charge in [-0.05, 0) is 42.0 Å². The van der Waals surface area contributed by atoms with Crippen LogP contribution in [0.15, 0.2) is 65.6 Å². The van der Waals surface area contributed by atoms with Crippen LogP contribution in [0.4, 0.5) is 22.0 Å². The molecule has 10 nitrogen and oxygen atoms in total. The molecule has 16 heteroatoms. The number of fused-ring (bicyclic) bond motifs is 2. The van der Waals surface area contributed by atoms with E-state index < -0.39 is 58.3 Å². The molecule has 0 saturated heterocycles. The van der Waals surface area contributed by atoms with Gasteiger partial charge in [-0.1, -0.05) is 31.2 Å². The summed E-state index contributed by atoms with van der Waals surface area (Å²) in [6, 6.07) is 12.2. The molecule has 4 aromatic rings. The van der Waals surface area contributed by atoms with Crippen LogP contribution in [0.2, 0.25) is 0 Å². The zero-order chi connectivity index (χ0) is 32.7. The first-order valence-corrected chi connectivity index (χ1v) is 15.1. The second-order valence-electron chi connectivity index (χ2n) is 10.0. The number of rotatable bonds is 9. The molecule has 1 atom stereocenters. The summed E-state index contributed by atoms with van der Waals surface area (Å²) in [7, 11) is -2.10. The highest BCUT2D eigenvalue weighted by molar-refractivity contribution is 7.91. The van der Waals surface area contributed by atoms with Gasteiger partial charge in [0.1, 0.15) is 0 Å². The summed E-state index contributed by atoms with van der Waals surface area (Å²) in [6.07, 6.45) is -9.14. The van der Waals surface area contributed by atoms with E-state index in [1.54, 1.807) is 0 Å². The minimum Gasteiger partial charge on any atom is -0.395 e. The Hall–Kier alpha value is -4.73. The smallest absolute Gasteiger partial charge is 0.395 e. The zero-order valence-electron chi connectivity index (χ0n) is 23.6. The molecule has 45 heavy (non-hydrogen) atoms. The number of benzene rings is 3. The van der Waals surface area contributed by atoms with Gasteiger partial charge in [0.15, 0.2) is 21.3 Å². The number of aromatic nitrogens is 2. The number of imidazole rings is 1. The molecular formula is C29H25F5N4O6S. The number of carbonyl (C=O) groups is 2. The van der Waals surface area contributed by atoms with Crippen molar-refractivity contribution in [2.24, 2.45) is 0 Å². The number of hydrogen-bond donors (Lipinski definition) is 2. The Labute approximate surface area is 253 Å². The van der Waals surface area contributed by atoms with Gasteiger partial charge < -0.3 is 24.7 Å². The van der Waals surface area contributed by atoms with Crippen LogP contribution in [0, 0.1) is 0 Å². The average Bonchev–Trinajstić information content (AvgIpc) is 3.52. The second kappa shape index (κ2) is 11.6. The molecular weight excluding hydrogens is 627 g/mol. The zero-order valence-corrected chi connectivity index (χ0v) is 24.4. The van der Waals surface area contributed by atoms with Crippen molar-refractivity contribution in [1.82, 2.24) is 20.2 Å². The third kappa shape index (κ3) is 6.55. The monoisotopic (exact) mass is 652 g/mol. The molecule has 0 spiro atoms. The van der Waals surface area contributed by atoms with Gasteiger partial charge in [-0.25, -0.2) is 13.4 Å². The van der Waals surface area contributed by atoms with Gasteiger partial charge in [-0.3, -0.25) is 9.59 Å². The normalized spacial score (nSPS) is 14.7. The number of hydrogen-bond acceptors (Lipinski definition) is 7. The Morgan fingerprint density at radius 3 is 2.40 bits per heavy atom. The lowest BCUT2D eigenvalue weighted by molar-refractivity contribution is -0.287. The van der Waals surface area contributed by atoms with Gasteiger partial charge in [0.05, 0.1) is 40.7 Å². The topological polar surface area (TPSA) is 129 Å². The molecule has 1 aliphatic rings. The molecule has 2 N–H and O–H groups in total. The third-order valence-corrected chi connectivity index (χ3v) is 8.85. The molecule has 238 valence electrons. The van der Waals surface area contributed by atoms with Crippen molar-refractivity contribution in [2.45, 2.75) is 43.3 Å². The maximum atomic E-state index is 14.1. The molecule has 5 rings (SSSR count). The third-order valence-electron chi connectivity index (χ3n) is 7.10. The lowest BCUT2D eigenvalue weighted by atomic mass is 10.0. The fraction of sp³-hybridized carbons (Fsp3) is 0.276. The highest BCUT2D eigenvalue weighted by atomic mass is 32.2. The quantitative estimate of drug-likeness (QED) is 0.248. The minimum absolute atomic E-state index is 0.0221. The summed E-state index contributed by atoms with van der Waals surface area (Å²) in [5.74, 6) is -3.37. The molecule has 0 fully saturated rings. The van der Waals surface area contributed by atoms with Crippen molar-refractivity contribution in [3.63, 3.8) is 0 Å². The molecule has 2 heterocycles. The number of para-hydroxylation sites is 1. The van der Waals surface area contributed by atoms with Crippen LogP contribution in [0.5, 0.6) is 11.5 Å². The average molecular weight is 653 g/mol. The number of amides is 2. The van der Waals surface area contributed by atoms with Crippen LogP contribution in [0.1, 0.15) is 46.7 Å². The maximum Gasteiger partial charge on any atom is 0.586 e. The predicted molar refractivity (Wildman–Crippen MR) is 150 cm³/mol. The van der Waals surface area contributed by atoms with Gasteiger partial charge in [0, 0.05) is 18.2 Å². The van der Waals surface area contributed by atoms with Crippen LogP contribution in [0.3, 0.4) is 0 Å². The number of carbonyl (C=O) groups excluding carboxylic acids is 2. The van der Waals surface area contributed by atoms with Crippen molar-refractivity contribution in [1.29, 1.82) is 0 Å². The SMILES string of the molecule is CCS(=O)(=O)c1ccc(C(CC(=O)NC)NC(=O)c2ccc3c(c2)nc(C(F)(F)F)n3Cc2cccc3c2OC(F)(F)O3)cc1. The Morgan fingerprint density at radius 1 is 1.04 bits per heavy atom. The summed E-state index contributed by atoms with van der Waals surface area (Å²) >= 11 is 0. The first-order valence-electron chi connectivity index (χ1n) is 13.4. The van der Waals surface area contributed by atoms with E-state index in [0.29, 0.717) is 5.56 Å². The van der Waals surface area contributed by atoms with E-state index in [9.17, 15) is 40.0 Å². The molecule has 1 aliphatic heterocycles. The van der Waals surface area contributed by atoms with Crippen LogP contribution < -0.4 is 20.1 Å². The summed E-state index contributed by atoms with van der Waals surface area (Å²) in [4.78, 5) is 29.3. The number of ether oxygens (including phenoxy) is 2. The first kappa shape index (κ1) is 31.7. The summed E-state index contributed by atoms with van der Waals surface area (Å²) < 4.78 is 104. The van der Waals surface area contributed by atoms with Crippen molar-refractivity contribution >= 4 is 32.7 Å². The van der Waals surface area contributed by atoms with Crippen LogP contribution in [0.25, 0.3) is 11.0 Å². The van der Waals surface area contributed by atoms with Crippen molar-refractivity contribution < 1.29 is 49.4 Å². The highest BCUT2D eigenvalue weighted by Gasteiger charge is 2.45. The van der Waals surface area contributed by atoms with Gasteiger partial charge in [0.25, 0.3) is 5.91 Å². The van der Waals surface area contributed by atoms with Gasteiger partial charge in [-0.15, -0.1) is 8.78 Å². The molecule has 3 aromatic carbocycles. The Kier molecular flexibility index (Phi) is 8.20. The molecule has 2 amide bonds. The van der Waals surface area contributed by atoms with E-state index in [4.69, 9.17) is 0 Å². The molecule has 0 bridgehead atoms. The Bertz CT molecular complexity index is 1890. The van der Waals surface area contributed by atoms with Crippen molar-refractivity contribution in [3.8, 4) is 11.5 Å². The fourth-order valence-electron chi connectivity index (χ4n) is 4.82. The lowest BCUT2D eigenvalue weighted by Crippen LogP contribution is -2.32. The van der Waals surface area contributed by atoms with Gasteiger partial charge in [-0.2, -0.15) is 13.2 Å². The largest absolute Gasteiger partial charge is 0.586 e. The number of alkyl halides is 5.